The average Bonchev–Trinajstić information content (AvgIpc) is 1.98. The van der Waals surface area contributed by atoms with Crippen LogP contribution in [0.3, 0.4) is 0 Å². The van der Waals surface area contributed by atoms with Crippen LogP contribution in [0.25, 0.3) is 0 Å². The largest absolute Gasteiger partial charge is 0.662 e. The van der Waals surface area contributed by atoms with Gasteiger partial charge in [-0.05, 0) is 41.5 Å². The Morgan fingerprint density at radius 2 is 1.25 bits per heavy atom. The molecule has 0 aliphatic heterocycles. The van der Waals surface area contributed by atoms with Crippen molar-refractivity contribution in [2.75, 3.05) is 0 Å². The number of rotatable bonds is 4. The first-order valence-corrected chi connectivity index (χ1v) is 5.01. The van der Waals surface area contributed by atoms with Gasteiger partial charge in [0, 0.05) is 0 Å². The van der Waals surface area contributed by atoms with Crippen molar-refractivity contribution in [3.8, 4) is 0 Å². The van der Waals surface area contributed by atoms with E-state index < -0.39 is 18.5 Å². The van der Waals surface area contributed by atoms with E-state index in [1.54, 1.807) is 41.5 Å². The Labute approximate surface area is 96.9 Å². The predicted molar refractivity (Wildman–Crippen MR) is 60.1 cm³/mol. The monoisotopic (exact) mass is 238 g/mol. The highest BCUT2D eigenvalue weighted by molar-refractivity contribution is 6.32. The highest BCUT2D eigenvalue weighted by Gasteiger charge is 2.31. The van der Waals surface area contributed by atoms with Gasteiger partial charge < -0.3 is 20.3 Å². The fourth-order valence-corrected chi connectivity index (χ4v) is 0.161. The standard InChI is InChI=1S/C6H14O2.C3H9BO4/c1-5(2,7)6(3,4)8;1-3(2)7-8-4(5)6/h7-8H,1-4H3;3,5-6H,1-2H3. The minimum Gasteiger partial charge on any atom is -0.400 e. The minimum atomic E-state index is -1.84. The lowest BCUT2D eigenvalue weighted by Gasteiger charge is -2.31. The van der Waals surface area contributed by atoms with Crippen molar-refractivity contribution in [3.05, 3.63) is 0 Å². The van der Waals surface area contributed by atoms with Crippen molar-refractivity contribution in [3.63, 3.8) is 0 Å². The summed E-state index contributed by atoms with van der Waals surface area (Å²) in [6.45, 7) is 9.73. The Kier molecular flexibility index (Phi) is 8.20. The first-order valence-electron chi connectivity index (χ1n) is 5.01. The van der Waals surface area contributed by atoms with Crippen molar-refractivity contribution < 1.29 is 30.0 Å². The van der Waals surface area contributed by atoms with E-state index in [0.29, 0.717) is 0 Å². The first-order chi connectivity index (χ1) is 6.88. The van der Waals surface area contributed by atoms with Gasteiger partial charge in [0.25, 0.3) is 0 Å². The van der Waals surface area contributed by atoms with Gasteiger partial charge >= 0.3 is 7.32 Å². The molecule has 0 aromatic rings. The fraction of sp³-hybridized carbons (Fsp3) is 1.00. The predicted octanol–water partition coefficient (Wildman–Crippen LogP) is -0.159. The molecule has 0 amide bonds. The molecule has 0 aromatic carbocycles. The summed E-state index contributed by atoms with van der Waals surface area (Å²) in [7, 11) is -1.84. The maximum atomic E-state index is 9.10. The molecule has 4 N–H and O–H groups in total. The normalized spacial score (nSPS) is 12.2. The third-order valence-electron chi connectivity index (χ3n) is 1.83. The van der Waals surface area contributed by atoms with Crippen LogP contribution in [0.4, 0.5) is 0 Å². The summed E-state index contributed by atoms with van der Waals surface area (Å²) in [5.74, 6) is 0. The summed E-state index contributed by atoms with van der Waals surface area (Å²) < 4.78 is 0. The molecule has 6 nitrogen and oxygen atoms in total. The smallest absolute Gasteiger partial charge is 0.400 e. The quantitative estimate of drug-likeness (QED) is 0.308. The summed E-state index contributed by atoms with van der Waals surface area (Å²) in [5, 5.41) is 34.2. The molecule has 0 saturated heterocycles. The summed E-state index contributed by atoms with van der Waals surface area (Å²) in [6.07, 6.45) is -0.156. The van der Waals surface area contributed by atoms with Crippen molar-refractivity contribution in [2.24, 2.45) is 0 Å². The number of hydrogen-bond acceptors (Lipinski definition) is 6. The van der Waals surface area contributed by atoms with E-state index in [1.807, 2.05) is 0 Å². The molecule has 0 bridgehead atoms. The molecule has 0 atom stereocenters. The zero-order valence-corrected chi connectivity index (χ0v) is 10.8. The molecule has 0 spiro atoms. The third-order valence-corrected chi connectivity index (χ3v) is 1.83. The van der Waals surface area contributed by atoms with Gasteiger partial charge in [0.05, 0.1) is 17.3 Å². The van der Waals surface area contributed by atoms with Crippen LogP contribution in [-0.4, -0.2) is 44.9 Å². The molecular formula is C9H23BO6. The Bertz CT molecular complexity index is 150. The van der Waals surface area contributed by atoms with Gasteiger partial charge in [0.15, 0.2) is 0 Å². The van der Waals surface area contributed by atoms with E-state index in [-0.39, 0.29) is 6.10 Å². The molecule has 0 radical (unpaired) electrons. The molecule has 0 aliphatic rings. The maximum absolute atomic E-state index is 9.10. The van der Waals surface area contributed by atoms with Gasteiger partial charge in [0.1, 0.15) is 0 Å². The molecule has 0 aromatic heterocycles. The van der Waals surface area contributed by atoms with Gasteiger partial charge in [-0.2, -0.15) is 0 Å². The Hall–Kier alpha value is -0.175. The third kappa shape index (κ3) is 11.9. The van der Waals surface area contributed by atoms with Crippen molar-refractivity contribution >= 4 is 7.32 Å². The van der Waals surface area contributed by atoms with E-state index in [2.05, 4.69) is 9.69 Å². The molecule has 7 heteroatoms. The van der Waals surface area contributed by atoms with Gasteiger partial charge in [0.2, 0.25) is 0 Å². The van der Waals surface area contributed by atoms with E-state index in [1.165, 1.54) is 0 Å². The van der Waals surface area contributed by atoms with E-state index in [4.69, 9.17) is 20.3 Å². The lowest BCUT2D eigenvalue weighted by molar-refractivity contribution is -0.260. The molecular weight excluding hydrogens is 215 g/mol. The molecule has 16 heavy (non-hydrogen) atoms. The molecule has 0 saturated carbocycles. The van der Waals surface area contributed by atoms with Crippen LogP contribution in [0.15, 0.2) is 0 Å². The van der Waals surface area contributed by atoms with Gasteiger partial charge in [-0.3, -0.25) is 0 Å². The van der Waals surface area contributed by atoms with Crippen LogP contribution in [0.5, 0.6) is 0 Å². The van der Waals surface area contributed by atoms with Crippen LogP contribution in [0.1, 0.15) is 41.5 Å². The Morgan fingerprint density at radius 1 is 0.938 bits per heavy atom. The zero-order chi connectivity index (χ0) is 13.6. The average molecular weight is 238 g/mol. The molecule has 98 valence electrons. The fourth-order valence-electron chi connectivity index (χ4n) is 0.161. The highest BCUT2D eigenvalue weighted by Crippen LogP contribution is 2.19. The molecule has 0 unspecified atom stereocenters. The van der Waals surface area contributed by atoms with Gasteiger partial charge in [-0.1, -0.05) is 0 Å². The van der Waals surface area contributed by atoms with Crippen LogP contribution in [-0.2, 0) is 9.69 Å². The summed E-state index contributed by atoms with van der Waals surface area (Å²) in [6, 6.07) is 0. The van der Waals surface area contributed by atoms with Gasteiger partial charge in [-0.25, -0.2) is 9.69 Å². The van der Waals surface area contributed by atoms with E-state index in [0.717, 1.165) is 0 Å². The second-order valence-electron chi connectivity index (χ2n) is 4.69. The molecule has 0 heterocycles. The number of hydrogen-bond donors (Lipinski definition) is 4. The van der Waals surface area contributed by atoms with Crippen molar-refractivity contribution in [1.82, 2.24) is 0 Å². The molecule has 0 aliphatic carbocycles. The summed E-state index contributed by atoms with van der Waals surface area (Å²) in [5.41, 5.74) is -2.01. The second-order valence-corrected chi connectivity index (χ2v) is 4.69. The van der Waals surface area contributed by atoms with Crippen LogP contribution in [0, 0.1) is 0 Å². The van der Waals surface area contributed by atoms with Crippen LogP contribution in [0.2, 0.25) is 0 Å². The zero-order valence-electron chi connectivity index (χ0n) is 10.8. The number of aliphatic hydroxyl groups is 2. The molecule has 0 fully saturated rings. The highest BCUT2D eigenvalue weighted by atomic mass is 17.2. The first kappa shape index (κ1) is 18.2. The van der Waals surface area contributed by atoms with E-state index >= 15 is 0 Å². The minimum absolute atomic E-state index is 0.156. The van der Waals surface area contributed by atoms with Crippen LogP contribution < -0.4 is 0 Å². The summed E-state index contributed by atoms with van der Waals surface area (Å²) >= 11 is 0. The van der Waals surface area contributed by atoms with Crippen molar-refractivity contribution in [1.29, 1.82) is 0 Å². The van der Waals surface area contributed by atoms with E-state index in [9.17, 15) is 0 Å². The van der Waals surface area contributed by atoms with Gasteiger partial charge in [-0.15, -0.1) is 0 Å². The van der Waals surface area contributed by atoms with Crippen LogP contribution >= 0.6 is 0 Å². The lowest BCUT2D eigenvalue weighted by Crippen LogP contribution is -2.44. The molecule has 0 rings (SSSR count). The SMILES string of the molecule is CC(C)(O)C(C)(C)O.CC(C)OOB(O)O. The Balaban J connectivity index is 0. The Morgan fingerprint density at radius 3 is 1.31 bits per heavy atom. The second kappa shape index (κ2) is 7.21. The van der Waals surface area contributed by atoms with Crippen molar-refractivity contribution in [2.45, 2.75) is 58.8 Å². The maximum Gasteiger partial charge on any atom is 0.662 e. The lowest BCUT2D eigenvalue weighted by atomic mass is 9.90. The summed E-state index contributed by atoms with van der Waals surface area (Å²) in [4.78, 5) is 8.22. The topological polar surface area (TPSA) is 99.4 Å².